The van der Waals surface area contributed by atoms with Gasteiger partial charge in [0.15, 0.2) is 0 Å². The fraction of sp³-hybridized carbons (Fsp3) is 0.417. The monoisotopic (exact) mass is 796 g/mol. The standard InChI is InChI=1S/C26H34O5.C22H26O5/c1-7-12-19-16-21(24(27)29-6)17-20(13-8-2)22(19)30-23(18-14-10-9-11-15-18)25(28)31-26(3,4)5;1-4-9-16-13-18(22(25)26-3)14-17(10-5-2)19(16)27-20(21(23)24)15-11-7-6-8-12-15/h9-11,14-17,23H,7-8,12-13H2,1-6H3;6-8,11-14,20H,4-5,9-10H2,1-3H3,(H,23,24). The molecule has 0 aliphatic carbocycles. The summed E-state index contributed by atoms with van der Waals surface area (Å²) in [4.78, 5) is 49.2. The lowest BCUT2D eigenvalue weighted by Gasteiger charge is -2.26. The maximum absolute atomic E-state index is 13.1. The van der Waals surface area contributed by atoms with Crippen LogP contribution in [0.25, 0.3) is 0 Å². The molecular weight excluding hydrogens is 737 g/mol. The van der Waals surface area contributed by atoms with Crippen LogP contribution in [0.1, 0.15) is 140 Å². The fourth-order valence-corrected chi connectivity index (χ4v) is 6.46. The second-order valence-corrected chi connectivity index (χ2v) is 14.9. The van der Waals surface area contributed by atoms with Crippen LogP contribution >= 0.6 is 0 Å². The van der Waals surface area contributed by atoms with Gasteiger partial charge in [-0.3, -0.25) is 0 Å². The second-order valence-electron chi connectivity index (χ2n) is 14.9. The minimum Gasteiger partial charge on any atom is -0.478 e. The van der Waals surface area contributed by atoms with Crippen molar-refractivity contribution in [2.24, 2.45) is 0 Å². The van der Waals surface area contributed by atoms with E-state index in [1.807, 2.05) is 71.0 Å². The van der Waals surface area contributed by atoms with Crippen molar-refractivity contribution in [3.8, 4) is 11.5 Å². The molecule has 1 N–H and O–H groups in total. The number of aliphatic carboxylic acids is 1. The smallest absolute Gasteiger partial charge is 0.352 e. The average Bonchev–Trinajstić information content (AvgIpc) is 3.20. The van der Waals surface area contributed by atoms with E-state index in [4.69, 9.17) is 23.7 Å². The summed E-state index contributed by atoms with van der Waals surface area (Å²) in [5.41, 5.74) is 5.04. The van der Waals surface area contributed by atoms with E-state index in [9.17, 15) is 24.3 Å². The first kappa shape index (κ1) is 46.7. The quantitative estimate of drug-likeness (QED) is 0.0766. The van der Waals surface area contributed by atoms with Gasteiger partial charge in [0.25, 0.3) is 0 Å². The summed E-state index contributed by atoms with van der Waals surface area (Å²) in [5.74, 6) is -1.08. The molecule has 10 nitrogen and oxygen atoms in total. The number of hydrogen-bond acceptors (Lipinski definition) is 9. The zero-order valence-electron chi connectivity index (χ0n) is 35.5. The van der Waals surface area contributed by atoms with E-state index in [2.05, 4.69) is 13.8 Å². The second kappa shape index (κ2) is 22.9. The van der Waals surface area contributed by atoms with Crippen LogP contribution in [0.3, 0.4) is 0 Å². The number of benzene rings is 4. The summed E-state index contributed by atoms with van der Waals surface area (Å²) in [7, 11) is 2.72. The van der Waals surface area contributed by atoms with Crippen LogP contribution in [-0.2, 0) is 49.5 Å². The van der Waals surface area contributed by atoms with Gasteiger partial charge >= 0.3 is 23.9 Å². The van der Waals surface area contributed by atoms with E-state index in [1.54, 1.807) is 48.5 Å². The number of carboxylic acid groups (broad SMARTS) is 1. The van der Waals surface area contributed by atoms with E-state index in [0.717, 1.165) is 53.5 Å². The van der Waals surface area contributed by atoms with Gasteiger partial charge in [0, 0.05) is 11.1 Å². The zero-order valence-corrected chi connectivity index (χ0v) is 35.5. The van der Waals surface area contributed by atoms with E-state index in [-0.39, 0.29) is 5.97 Å². The fourth-order valence-electron chi connectivity index (χ4n) is 6.46. The van der Waals surface area contributed by atoms with Crippen LogP contribution in [-0.4, -0.2) is 48.8 Å². The van der Waals surface area contributed by atoms with Gasteiger partial charge in [-0.15, -0.1) is 0 Å². The molecule has 0 amide bonds. The largest absolute Gasteiger partial charge is 0.478 e. The lowest BCUT2D eigenvalue weighted by atomic mass is 9.97. The van der Waals surface area contributed by atoms with Crippen molar-refractivity contribution in [2.75, 3.05) is 14.2 Å². The number of carbonyl (C=O) groups is 4. The number of carbonyl (C=O) groups excluding carboxylic acids is 3. The van der Waals surface area contributed by atoms with Crippen LogP contribution in [0.5, 0.6) is 11.5 Å². The molecule has 0 aliphatic heterocycles. The normalized spacial score (nSPS) is 11.9. The highest BCUT2D eigenvalue weighted by atomic mass is 16.6. The Morgan fingerprint density at radius 2 is 0.879 bits per heavy atom. The van der Waals surface area contributed by atoms with Crippen molar-refractivity contribution < 1.29 is 48.0 Å². The summed E-state index contributed by atoms with van der Waals surface area (Å²) in [6.07, 6.45) is 4.20. The maximum atomic E-state index is 13.1. The number of carboxylic acids is 1. The molecular formula is C48H60O10. The third-order valence-electron chi connectivity index (χ3n) is 8.93. The SMILES string of the molecule is CCCc1cc(C(=O)OC)cc(CCC)c1OC(C(=O)O)c1ccccc1.CCCc1cc(C(=O)OC)cc(CCC)c1OC(C(=O)OC(C)(C)C)c1ccccc1. The van der Waals surface area contributed by atoms with Crippen molar-refractivity contribution in [3.63, 3.8) is 0 Å². The minimum absolute atomic E-state index is 0.381. The number of aryl methyl sites for hydroxylation is 4. The predicted molar refractivity (Wildman–Crippen MR) is 225 cm³/mol. The Hall–Kier alpha value is -5.64. The third-order valence-corrected chi connectivity index (χ3v) is 8.93. The molecule has 2 atom stereocenters. The first-order valence-corrected chi connectivity index (χ1v) is 20.1. The Morgan fingerprint density at radius 3 is 1.17 bits per heavy atom. The van der Waals surface area contributed by atoms with Gasteiger partial charge in [-0.1, -0.05) is 114 Å². The Balaban J connectivity index is 0.000000313. The van der Waals surface area contributed by atoms with Crippen LogP contribution in [0.4, 0.5) is 0 Å². The van der Waals surface area contributed by atoms with Crippen LogP contribution in [0.15, 0.2) is 84.9 Å². The van der Waals surface area contributed by atoms with E-state index in [1.165, 1.54) is 14.2 Å². The van der Waals surface area contributed by atoms with Gasteiger partial charge < -0.3 is 28.8 Å². The number of rotatable bonds is 18. The Morgan fingerprint density at radius 1 is 0.552 bits per heavy atom. The van der Waals surface area contributed by atoms with Crippen molar-refractivity contribution >= 4 is 23.9 Å². The van der Waals surface area contributed by atoms with E-state index >= 15 is 0 Å². The molecule has 0 radical (unpaired) electrons. The molecule has 0 aliphatic rings. The molecule has 0 aromatic heterocycles. The molecule has 312 valence electrons. The van der Waals surface area contributed by atoms with E-state index in [0.29, 0.717) is 53.9 Å². The average molecular weight is 797 g/mol. The molecule has 4 rings (SSSR count). The molecule has 4 aromatic rings. The summed E-state index contributed by atoms with van der Waals surface area (Å²) < 4.78 is 27.9. The topological polar surface area (TPSA) is 135 Å². The third kappa shape index (κ3) is 13.5. The summed E-state index contributed by atoms with van der Waals surface area (Å²) in [6, 6.07) is 25.3. The Kier molecular flexibility index (Phi) is 18.5. The highest BCUT2D eigenvalue weighted by Gasteiger charge is 2.31. The van der Waals surface area contributed by atoms with E-state index < -0.39 is 35.7 Å². The highest BCUT2D eigenvalue weighted by Crippen LogP contribution is 2.35. The molecule has 0 saturated heterocycles. The van der Waals surface area contributed by atoms with Crippen LogP contribution in [0.2, 0.25) is 0 Å². The molecule has 0 heterocycles. The Bertz CT molecular complexity index is 1890. The van der Waals surface area contributed by atoms with Crippen LogP contribution < -0.4 is 9.47 Å². The van der Waals surface area contributed by atoms with Gasteiger partial charge in [0.05, 0.1) is 25.3 Å². The van der Waals surface area contributed by atoms with Gasteiger partial charge in [-0.25, -0.2) is 19.2 Å². The lowest BCUT2D eigenvalue weighted by Crippen LogP contribution is -2.30. The molecule has 4 aromatic carbocycles. The minimum atomic E-state index is -1.11. The molecule has 2 unspecified atom stereocenters. The zero-order chi connectivity index (χ0) is 42.8. The van der Waals surface area contributed by atoms with Crippen molar-refractivity contribution in [1.82, 2.24) is 0 Å². The van der Waals surface area contributed by atoms with Gasteiger partial charge in [0.2, 0.25) is 12.2 Å². The molecule has 0 spiro atoms. The molecule has 10 heteroatoms. The first-order chi connectivity index (χ1) is 27.7. The number of ether oxygens (including phenoxy) is 5. The molecule has 0 bridgehead atoms. The summed E-state index contributed by atoms with van der Waals surface area (Å²) in [5, 5.41) is 9.71. The number of methoxy groups -OCH3 is 2. The predicted octanol–water partition coefficient (Wildman–Crippen LogP) is 10.4. The lowest BCUT2D eigenvalue weighted by molar-refractivity contribution is -0.163. The summed E-state index contributed by atoms with van der Waals surface area (Å²) in [6.45, 7) is 13.7. The number of hydrogen-bond donors (Lipinski definition) is 1. The molecule has 0 fully saturated rings. The molecule has 0 saturated carbocycles. The first-order valence-electron chi connectivity index (χ1n) is 20.1. The number of esters is 3. The Labute approximate surface area is 343 Å². The maximum Gasteiger partial charge on any atom is 0.352 e. The van der Waals surface area contributed by atoms with Crippen LogP contribution in [0, 0.1) is 0 Å². The summed E-state index contributed by atoms with van der Waals surface area (Å²) >= 11 is 0. The van der Waals surface area contributed by atoms with Gasteiger partial charge in [-0.2, -0.15) is 0 Å². The highest BCUT2D eigenvalue weighted by molar-refractivity contribution is 5.91. The van der Waals surface area contributed by atoms with Crippen molar-refractivity contribution in [1.29, 1.82) is 0 Å². The van der Waals surface area contributed by atoms with Gasteiger partial charge in [-0.05, 0) is 93.0 Å². The van der Waals surface area contributed by atoms with Crippen molar-refractivity contribution in [3.05, 3.63) is 129 Å². The molecule has 58 heavy (non-hydrogen) atoms. The van der Waals surface area contributed by atoms with Crippen molar-refractivity contribution in [2.45, 2.75) is 118 Å². The van der Waals surface area contributed by atoms with Gasteiger partial charge in [0.1, 0.15) is 17.1 Å².